The molecule has 0 saturated heterocycles. The second-order valence-corrected chi connectivity index (χ2v) is 5.37. The van der Waals surface area contributed by atoms with E-state index in [2.05, 4.69) is 20.3 Å². The molecule has 0 spiro atoms. The van der Waals surface area contributed by atoms with Crippen molar-refractivity contribution in [2.75, 3.05) is 11.1 Å². The molecule has 5 N–H and O–H groups in total. The van der Waals surface area contributed by atoms with Crippen LogP contribution >= 0.6 is 11.6 Å². The minimum Gasteiger partial charge on any atom is -0.398 e. The Morgan fingerprint density at radius 3 is 2.60 bits per heavy atom. The number of rotatable bonds is 3. The molecule has 1 aromatic carbocycles. The number of hydrogen-bond donors (Lipinski definition) is 4. The molecule has 0 unspecified atom stereocenters. The molecule has 20 heavy (non-hydrogen) atoms. The van der Waals surface area contributed by atoms with E-state index < -0.39 is 20.7 Å². The highest BCUT2D eigenvalue weighted by molar-refractivity contribution is 7.86. The molecule has 0 aliphatic rings. The summed E-state index contributed by atoms with van der Waals surface area (Å²) < 4.78 is 30.9. The summed E-state index contributed by atoms with van der Waals surface area (Å²) in [7, 11) is -4.40. The van der Waals surface area contributed by atoms with E-state index in [9.17, 15) is 13.2 Å². The molecule has 0 atom stereocenters. The van der Waals surface area contributed by atoms with Crippen molar-refractivity contribution < 1.29 is 13.0 Å². The molecule has 9 nitrogen and oxygen atoms in total. The van der Waals surface area contributed by atoms with Crippen molar-refractivity contribution in [2.45, 2.75) is 4.90 Å². The Balaban J connectivity index is 2.36. The molecule has 0 radical (unpaired) electrons. The second-order valence-electron chi connectivity index (χ2n) is 3.62. The van der Waals surface area contributed by atoms with Crippen LogP contribution in [0.15, 0.2) is 27.9 Å². The lowest BCUT2D eigenvalue weighted by Crippen LogP contribution is -2.14. The molecule has 0 fully saturated rings. The molecule has 106 valence electrons. The van der Waals surface area contributed by atoms with Crippen LogP contribution in [-0.4, -0.2) is 27.9 Å². The van der Waals surface area contributed by atoms with Crippen LogP contribution in [0.4, 0.5) is 17.3 Å². The van der Waals surface area contributed by atoms with Gasteiger partial charge in [-0.25, -0.2) is 4.79 Å². The number of aromatic amines is 1. The van der Waals surface area contributed by atoms with Crippen molar-refractivity contribution in [2.24, 2.45) is 0 Å². The Morgan fingerprint density at radius 1 is 1.35 bits per heavy atom. The van der Waals surface area contributed by atoms with Crippen molar-refractivity contribution in [1.82, 2.24) is 15.0 Å². The van der Waals surface area contributed by atoms with E-state index in [-0.39, 0.29) is 16.9 Å². The van der Waals surface area contributed by atoms with E-state index in [1.807, 2.05) is 0 Å². The highest BCUT2D eigenvalue weighted by Gasteiger charge is 2.14. The zero-order chi connectivity index (χ0) is 14.9. The molecule has 0 bridgehead atoms. The lowest BCUT2D eigenvalue weighted by Gasteiger charge is -2.07. The fourth-order valence-corrected chi connectivity index (χ4v) is 2.16. The third-order valence-electron chi connectivity index (χ3n) is 2.17. The number of anilines is 3. The molecule has 0 aliphatic heterocycles. The first-order chi connectivity index (χ1) is 9.25. The van der Waals surface area contributed by atoms with Gasteiger partial charge in [0.25, 0.3) is 10.1 Å². The molecule has 0 saturated carbocycles. The van der Waals surface area contributed by atoms with Crippen LogP contribution in [0.3, 0.4) is 0 Å². The van der Waals surface area contributed by atoms with E-state index in [4.69, 9.17) is 21.9 Å². The number of nitrogen functional groups attached to an aromatic ring is 1. The first-order valence-corrected chi connectivity index (χ1v) is 6.85. The molecule has 2 rings (SSSR count). The van der Waals surface area contributed by atoms with Crippen molar-refractivity contribution in [3.63, 3.8) is 0 Å². The maximum absolute atomic E-state index is 11.1. The summed E-state index contributed by atoms with van der Waals surface area (Å²) in [5.74, 6) is -0.0854. The molecule has 0 aliphatic carbocycles. The van der Waals surface area contributed by atoms with E-state index in [0.717, 1.165) is 6.07 Å². The quantitative estimate of drug-likeness (QED) is 0.468. The van der Waals surface area contributed by atoms with Crippen LogP contribution in [-0.2, 0) is 10.1 Å². The van der Waals surface area contributed by atoms with Gasteiger partial charge in [0.05, 0.1) is 5.69 Å². The average Bonchev–Trinajstić information content (AvgIpc) is 2.25. The lowest BCUT2D eigenvalue weighted by atomic mass is 10.3. The number of H-pyrrole nitrogens is 1. The summed E-state index contributed by atoms with van der Waals surface area (Å²) in [6, 6.07) is 3.65. The van der Waals surface area contributed by atoms with Gasteiger partial charge in [-0.05, 0) is 29.8 Å². The SMILES string of the molecule is Nc1cc(Nc2nc(Cl)[nH]c(=O)n2)ccc1S(=O)(=O)O. The third-order valence-corrected chi connectivity index (χ3v) is 3.27. The van der Waals surface area contributed by atoms with Crippen LogP contribution in [0, 0.1) is 0 Å². The monoisotopic (exact) mass is 317 g/mol. The Kier molecular flexibility index (Phi) is 3.61. The third kappa shape index (κ3) is 3.23. The topological polar surface area (TPSA) is 151 Å². The number of nitrogens with zero attached hydrogens (tertiary/aromatic N) is 2. The van der Waals surface area contributed by atoms with E-state index in [0.29, 0.717) is 5.69 Å². The maximum atomic E-state index is 11.1. The van der Waals surface area contributed by atoms with Crippen molar-refractivity contribution in [3.05, 3.63) is 34.0 Å². The minimum absolute atomic E-state index is 0.0854. The van der Waals surface area contributed by atoms with E-state index in [1.165, 1.54) is 12.1 Å². The van der Waals surface area contributed by atoms with E-state index >= 15 is 0 Å². The fraction of sp³-hybridized carbons (Fsp3) is 0. The summed E-state index contributed by atoms with van der Waals surface area (Å²) in [4.78, 5) is 20.0. The molecule has 1 heterocycles. The van der Waals surface area contributed by atoms with Gasteiger partial charge in [0.2, 0.25) is 11.2 Å². The van der Waals surface area contributed by atoms with Crippen LogP contribution < -0.4 is 16.7 Å². The number of halogens is 1. The first-order valence-electron chi connectivity index (χ1n) is 5.03. The minimum atomic E-state index is -4.40. The van der Waals surface area contributed by atoms with Gasteiger partial charge in [-0.2, -0.15) is 18.4 Å². The van der Waals surface area contributed by atoms with Crippen LogP contribution in [0.5, 0.6) is 0 Å². The summed E-state index contributed by atoms with van der Waals surface area (Å²) in [6.45, 7) is 0. The predicted molar refractivity (Wildman–Crippen MR) is 71.6 cm³/mol. The summed E-state index contributed by atoms with van der Waals surface area (Å²) in [5.41, 5.74) is 4.95. The zero-order valence-corrected chi connectivity index (χ0v) is 11.2. The largest absolute Gasteiger partial charge is 0.398 e. The molecule has 11 heteroatoms. The molecule has 0 amide bonds. The Hall–Kier alpha value is -2.17. The van der Waals surface area contributed by atoms with Gasteiger partial charge >= 0.3 is 5.69 Å². The van der Waals surface area contributed by atoms with Crippen LogP contribution in [0.2, 0.25) is 5.28 Å². The van der Waals surface area contributed by atoms with Crippen molar-refractivity contribution >= 4 is 39.0 Å². The smallest absolute Gasteiger partial charge is 0.350 e. The standard InChI is InChI=1S/C9H8ClN5O4S/c10-7-13-8(15-9(16)14-7)12-4-1-2-6(5(11)3-4)20(17,18)19/h1-3H,11H2,(H,17,18,19)(H2,12,13,14,15,16). The molecule has 1 aromatic heterocycles. The summed E-state index contributed by atoms with van der Waals surface area (Å²) in [5, 5.41) is 2.46. The lowest BCUT2D eigenvalue weighted by molar-refractivity contribution is 0.483. The molecular weight excluding hydrogens is 310 g/mol. The molecular formula is C9H8ClN5O4S. The van der Waals surface area contributed by atoms with E-state index in [1.54, 1.807) is 0 Å². The van der Waals surface area contributed by atoms with Gasteiger partial charge in [-0.1, -0.05) is 0 Å². The molecule has 2 aromatic rings. The van der Waals surface area contributed by atoms with Gasteiger partial charge in [0.1, 0.15) is 4.90 Å². The number of nitrogens with two attached hydrogens (primary N) is 1. The number of nitrogens with one attached hydrogen (secondary N) is 2. The number of hydrogen-bond acceptors (Lipinski definition) is 7. The fourth-order valence-electron chi connectivity index (χ4n) is 1.40. The maximum Gasteiger partial charge on any atom is 0.350 e. The summed E-state index contributed by atoms with van der Waals surface area (Å²) >= 11 is 5.55. The highest BCUT2D eigenvalue weighted by atomic mass is 35.5. The van der Waals surface area contributed by atoms with Gasteiger partial charge in [-0.15, -0.1) is 0 Å². The zero-order valence-electron chi connectivity index (χ0n) is 9.66. The average molecular weight is 318 g/mol. The number of aromatic nitrogens is 3. The Bertz CT molecular complexity index is 819. The van der Waals surface area contributed by atoms with Gasteiger partial charge in [0, 0.05) is 5.69 Å². The first kappa shape index (κ1) is 14.2. The normalized spacial score (nSPS) is 11.3. The number of benzene rings is 1. The van der Waals surface area contributed by atoms with Gasteiger partial charge in [0.15, 0.2) is 0 Å². The predicted octanol–water partition coefficient (Wildman–Crippen LogP) is 0.391. The Morgan fingerprint density at radius 2 is 2.05 bits per heavy atom. The van der Waals surface area contributed by atoms with Gasteiger partial charge in [-0.3, -0.25) is 9.54 Å². The van der Waals surface area contributed by atoms with Crippen molar-refractivity contribution in [3.8, 4) is 0 Å². The van der Waals surface area contributed by atoms with Crippen molar-refractivity contribution in [1.29, 1.82) is 0 Å². The second kappa shape index (κ2) is 5.07. The van der Waals surface area contributed by atoms with Crippen LogP contribution in [0.1, 0.15) is 0 Å². The summed E-state index contributed by atoms with van der Waals surface area (Å²) in [6.07, 6.45) is 0. The Labute approximate surface area is 117 Å². The highest BCUT2D eigenvalue weighted by Crippen LogP contribution is 2.23. The van der Waals surface area contributed by atoms with Gasteiger partial charge < -0.3 is 11.1 Å². The van der Waals surface area contributed by atoms with Crippen LogP contribution in [0.25, 0.3) is 0 Å².